The highest BCUT2D eigenvalue weighted by atomic mass is 32.2. The highest BCUT2D eigenvalue weighted by Crippen LogP contribution is 1.95. The van der Waals surface area contributed by atoms with Gasteiger partial charge in [0.15, 0.2) is 0 Å². The molecule has 1 unspecified atom stereocenters. The van der Waals surface area contributed by atoms with Crippen LogP contribution in [0.2, 0.25) is 0 Å². The van der Waals surface area contributed by atoms with E-state index in [4.69, 9.17) is 5.11 Å². The van der Waals surface area contributed by atoms with Crippen molar-refractivity contribution in [1.82, 2.24) is 4.72 Å². The normalized spacial score (nSPS) is 14.0. The van der Waals surface area contributed by atoms with Gasteiger partial charge in [0, 0.05) is 6.54 Å². The summed E-state index contributed by atoms with van der Waals surface area (Å²) in [5.41, 5.74) is 0. The molecule has 0 rings (SSSR count). The predicted octanol–water partition coefficient (Wildman–Crippen LogP) is 0.0365. The zero-order valence-corrected chi connectivity index (χ0v) is 8.60. The van der Waals surface area contributed by atoms with Crippen LogP contribution in [0.25, 0.3) is 0 Å². The molecule has 1 atom stereocenters. The number of carboxylic acids is 1. The maximum atomic E-state index is 11.1. The van der Waals surface area contributed by atoms with E-state index in [-0.39, 0.29) is 12.3 Å². The first-order valence-corrected chi connectivity index (χ1v) is 5.74. The van der Waals surface area contributed by atoms with Gasteiger partial charge in [0.25, 0.3) is 0 Å². The van der Waals surface area contributed by atoms with Crippen molar-refractivity contribution in [2.75, 3.05) is 12.3 Å². The van der Waals surface area contributed by atoms with Crippen molar-refractivity contribution < 1.29 is 18.3 Å². The fourth-order valence-electron chi connectivity index (χ4n) is 0.680. The molecular formula is C7H15NO4S. The second kappa shape index (κ2) is 5.18. The smallest absolute Gasteiger partial charge is 0.307 e. The fraction of sp³-hybridized carbons (Fsp3) is 0.857. The monoisotopic (exact) mass is 209 g/mol. The number of rotatable bonds is 6. The van der Waals surface area contributed by atoms with E-state index in [2.05, 4.69) is 4.72 Å². The molecular weight excluding hydrogens is 194 g/mol. The van der Waals surface area contributed by atoms with E-state index in [0.29, 0.717) is 6.42 Å². The zero-order valence-electron chi connectivity index (χ0n) is 7.78. The van der Waals surface area contributed by atoms with E-state index in [1.807, 2.05) is 0 Å². The van der Waals surface area contributed by atoms with Crippen molar-refractivity contribution in [3.05, 3.63) is 0 Å². The molecule has 0 aliphatic rings. The summed E-state index contributed by atoms with van der Waals surface area (Å²) in [6.07, 6.45) is 0.525. The summed E-state index contributed by atoms with van der Waals surface area (Å²) in [7, 11) is -3.27. The van der Waals surface area contributed by atoms with Crippen LogP contribution in [0.5, 0.6) is 0 Å². The van der Waals surface area contributed by atoms with Crippen molar-refractivity contribution in [3.63, 3.8) is 0 Å². The molecule has 2 N–H and O–H groups in total. The number of carbonyl (C=O) groups is 1. The Morgan fingerprint density at radius 3 is 2.46 bits per heavy atom. The molecule has 0 aromatic heterocycles. The third kappa shape index (κ3) is 5.59. The maximum Gasteiger partial charge on any atom is 0.307 e. The van der Waals surface area contributed by atoms with Crippen molar-refractivity contribution >= 4 is 16.0 Å². The van der Waals surface area contributed by atoms with Gasteiger partial charge in [-0.2, -0.15) is 0 Å². The molecule has 0 aliphatic heterocycles. The van der Waals surface area contributed by atoms with Crippen LogP contribution in [0.3, 0.4) is 0 Å². The number of aliphatic carboxylic acids is 1. The van der Waals surface area contributed by atoms with Gasteiger partial charge in [-0.15, -0.1) is 0 Å². The molecule has 0 spiro atoms. The van der Waals surface area contributed by atoms with Gasteiger partial charge in [-0.1, -0.05) is 13.8 Å². The first kappa shape index (κ1) is 12.4. The van der Waals surface area contributed by atoms with E-state index in [1.165, 1.54) is 6.92 Å². The van der Waals surface area contributed by atoms with Gasteiger partial charge in [0.1, 0.15) is 0 Å². The fourth-order valence-corrected chi connectivity index (χ4v) is 1.87. The summed E-state index contributed by atoms with van der Waals surface area (Å²) in [5.74, 6) is -1.65. The topological polar surface area (TPSA) is 83.5 Å². The summed E-state index contributed by atoms with van der Waals surface area (Å²) in [6, 6.07) is 0. The standard InChI is InChI=1S/C7H15NO4S/c1-3-4-13(11,12)8-5-6(2)7(9)10/h6,8H,3-5H2,1-2H3,(H,9,10). The molecule has 78 valence electrons. The summed E-state index contributed by atoms with van der Waals surface area (Å²) in [6.45, 7) is 3.16. The summed E-state index contributed by atoms with van der Waals surface area (Å²) in [5, 5.41) is 8.47. The Morgan fingerprint density at radius 2 is 2.08 bits per heavy atom. The molecule has 0 amide bonds. The summed E-state index contributed by atoms with van der Waals surface area (Å²) < 4.78 is 24.3. The predicted molar refractivity (Wildman–Crippen MR) is 48.9 cm³/mol. The minimum absolute atomic E-state index is 0.0410. The molecule has 0 saturated heterocycles. The van der Waals surface area contributed by atoms with Gasteiger partial charge in [0.2, 0.25) is 10.0 Å². The van der Waals surface area contributed by atoms with Crippen LogP contribution < -0.4 is 4.72 Å². The minimum atomic E-state index is -3.27. The van der Waals surface area contributed by atoms with Gasteiger partial charge < -0.3 is 5.11 Å². The lowest BCUT2D eigenvalue weighted by Crippen LogP contribution is -2.32. The van der Waals surface area contributed by atoms with Crippen LogP contribution in [0, 0.1) is 5.92 Å². The van der Waals surface area contributed by atoms with Crippen LogP contribution in [0.1, 0.15) is 20.3 Å². The minimum Gasteiger partial charge on any atom is -0.481 e. The highest BCUT2D eigenvalue weighted by Gasteiger charge is 2.14. The van der Waals surface area contributed by atoms with Crippen molar-refractivity contribution in [2.24, 2.45) is 5.92 Å². The van der Waals surface area contributed by atoms with E-state index in [0.717, 1.165) is 0 Å². The molecule has 5 nitrogen and oxygen atoms in total. The van der Waals surface area contributed by atoms with Crippen LogP contribution in [0.15, 0.2) is 0 Å². The van der Waals surface area contributed by atoms with Gasteiger partial charge in [-0.3, -0.25) is 4.79 Å². The van der Waals surface area contributed by atoms with Crippen LogP contribution in [-0.2, 0) is 14.8 Å². The Bertz CT molecular complexity index is 260. The average Bonchev–Trinajstić information content (AvgIpc) is 2.00. The van der Waals surface area contributed by atoms with Gasteiger partial charge in [-0.05, 0) is 6.42 Å². The maximum absolute atomic E-state index is 11.1. The number of carboxylic acid groups (broad SMARTS) is 1. The molecule has 0 bridgehead atoms. The van der Waals surface area contributed by atoms with Crippen molar-refractivity contribution in [3.8, 4) is 0 Å². The number of hydrogen-bond acceptors (Lipinski definition) is 3. The van der Waals surface area contributed by atoms with Crippen LogP contribution in [0.4, 0.5) is 0 Å². The molecule has 13 heavy (non-hydrogen) atoms. The van der Waals surface area contributed by atoms with E-state index >= 15 is 0 Å². The van der Waals surface area contributed by atoms with Crippen molar-refractivity contribution in [2.45, 2.75) is 20.3 Å². The molecule has 0 aliphatic carbocycles. The zero-order chi connectivity index (χ0) is 10.5. The van der Waals surface area contributed by atoms with Gasteiger partial charge >= 0.3 is 5.97 Å². The molecule has 0 saturated carbocycles. The summed E-state index contributed by atoms with van der Waals surface area (Å²) >= 11 is 0. The Morgan fingerprint density at radius 1 is 1.54 bits per heavy atom. The Labute approximate surface area is 78.2 Å². The van der Waals surface area contributed by atoms with E-state index in [9.17, 15) is 13.2 Å². The van der Waals surface area contributed by atoms with Gasteiger partial charge in [-0.25, -0.2) is 13.1 Å². The average molecular weight is 209 g/mol. The third-order valence-corrected chi connectivity index (χ3v) is 3.06. The first-order chi connectivity index (χ1) is 5.89. The quantitative estimate of drug-likeness (QED) is 0.646. The number of nitrogens with one attached hydrogen (secondary N) is 1. The second-order valence-corrected chi connectivity index (χ2v) is 4.83. The SMILES string of the molecule is CCCS(=O)(=O)NCC(C)C(=O)O. The highest BCUT2D eigenvalue weighted by molar-refractivity contribution is 7.89. The lowest BCUT2D eigenvalue weighted by Gasteiger charge is -2.07. The van der Waals surface area contributed by atoms with Crippen LogP contribution >= 0.6 is 0 Å². The van der Waals surface area contributed by atoms with Crippen LogP contribution in [-0.4, -0.2) is 31.8 Å². The van der Waals surface area contributed by atoms with E-state index in [1.54, 1.807) is 6.92 Å². The lowest BCUT2D eigenvalue weighted by atomic mass is 10.2. The molecule has 6 heteroatoms. The Hall–Kier alpha value is -0.620. The Kier molecular flexibility index (Phi) is 4.94. The summed E-state index contributed by atoms with van der Waals surface area (Å²) in [4.78, 5) is 10.3. The largest absolute Gasteiger partial charge is 0.481 e. The Balaban J connectivity index is 3.95. The third-order valence-electron chi connectivity index (χ3n) is 1.50. The molecule has 0 aromatic rings. The second-order valence-electron chi connectivity index (χ2n) is 2.91. The van der Waals surface area contributed by atoms with E-state index < -0.39 is 21.9 Å². The van der Waals surface area contributed by atoms with Gasteiger partial charge in [0.05, 0.1) is 11.7 Å². The van der Waals surface area contributed by atoms with Crippen molar-refractivity contribution in [1.29, 1.82) is 0 Å². The molecule has 0 aromatic carbocycles. The molecule has 0 radical (unpaired) electrons. The first-order valence-electron chi connectivity index (χ1n) is 4.09. The lowest BCUT2D eigenvalue weighted by molar-refractivity contribution is -0.140. The number of hydrogen-bond donors (Lipinski definition) is 2. The number of sulfonamides is 1. The molecule has 0 heterocycles. The molecule has 0 fully saturated rings.